The lowest BCUT2D eigenvalue weighted by molar-refractivity contribution is -0.130. The van der Waals surface area contributed by atoms with E-state index in [1.54, 1.807) is 7.05 Å². The van der Waals surface area contributed by atoms with Crippen LogP contribution in [0.15, 0.2) is 29.4 Å². The number of fused-ring (bicyclic) bond motifs is 1. The zero-order valence-corrected chi connectivity index (χ0v) is 15.2. The molecule has 2 aliphatic heterocycles. The summed E-state index contributed by atoms with van der Waals surface area (Å²) in [6, 6.07) is 8.54. The standard InChI is InChI=1S/C19H26N4O2/c1-19(2,23-11-10-14-6-4-5-7-15(14)12-23)13-20-18(25)16-8-9-17(24)22(3)21-16/h4-7H,8-13H2,1-3H3,(H,20,25). The Balaban J connectivity index is 1.60. The zero-order valence-electron chi connectivity index (χ0n) is 15.2. The number of carbonyl (C=O) groups is 2. The van der Waals surface area contributed by atoms with Gasteiger partial charge in [0.1, 0.15) is 5.71 Å². The smallest absolute Gasteiger partial charge is 0.267 e. The van der Waals surface area contributed by atoms with E-state index in [1.165, 1.54) is 16.1 Å². The maximum absolute atomic E-state index is 12.4. The Hall–Kier alpha value is -2.21. The average molecular weight is 342 g/mol. The molecule has 2 aliphatic rings. The van der Waals surface area contributed by atoms with Crippen LogP contribution in [0.1, 0.15) is 37.8 Å². The van der Waals surface area contributed by atoms with Crippen molar-refractivity contribution in [1.29, 1.82) is 0 Å². The highest BCUT2D eigenvalue weighted by Crippen LogP contribution is 2.25. The third-order valence-electron chi connectivity index (χ3n) is 5.14. The van der Waals surface area contributed by atoms with Crippen molar-refractivity contribution in [2.24, 2.45) is 5.10 Å². The molecule has 1 aromatic carbocycles. The van der Waals surface area contributed by atoms with Crippen LogP contribution < -0.4 is 5.32 Å². The van der Waals surface area contributed by atoms with Crippen molar-refractivity contribution < 1.29 is 9.59 Å². The predicted octanol–water partition coefficient (Wildman–Crippen LogP) is 1.55. The fourth-order valence-corrected chi connectivity index (χ4v) is 3.36. The molecule has 0 saturated heterocycles. The Kier molecular flexibility index (Phi) is 4.90. The molecule has 1 aromatic rings. The minimum Gasteiger partial charge on any atom is -0.349 e. The molecule has 1 N–H and O–H groups in total. The highest BCUT2D eigenvalue weighted by molar-refractivity contribution is 6.39. The second-order valence-corrected chi connectivity index (χ2v) is 7.40. The van der Waals surface area contributed by atoms with Crippen molar-refractivity contribution in [3.05, 3.63) is 35.4 Å². The minimum absolute atomic E-state index is 0.0520. The Labute approximate surface area is 148 Å². The number of hydrazone groups is 1. The van der Waals surface area contributed by atoms with Crippen LogP contribution in [0.5, 0.6) is 0 Å². The van der Waals surface area contributed by atoms with Crippen LogP contribution in [-0.4, -0.2) is 53.1 Å². The topological polar surface area (TPSA) is 65.0 Å². The van der Waals surface area contributed by atoms with E-state index in [4.69, 9.17) is 0 Å². The molecule has 0 fully saturated rings. The summed E-state index contributed by atoms with van der Waals surface area (Å²) >= 11 is 0. The van der Waals surface area contributed by atoms with Gasteiger partial charge in [-0.05, 0) is 31.4 Å². The van der Waals surface area contributed by atoms with Crippen LogP contribution in [0.4, 0.5) is 0 Å². The number of nitrogens with zero attached hydrogens (tertiary/aromatic N) is 3. The van der Waals surface area contributed by atoms with Crippen LogP contribution in [0.3, 0.4) is 0 Å². The minimum atomic E-state index is -0.176. The van der Waals surface area contributed by atoms with Gasteiger partial charge in [-0.2, -0.15) is 5.10 Å². The second kappa shape index (κ2) is 6.96. The molecule has 0 aromatic heterocycles. The Morgan fingerprint density at radius 2 is 1.92 bits per heavy atom. The van der Waals surface area contributed by atoms with Gasteiger partial charge in [0.15, 0.2) is 0 Å². The molecule has 6 heteroatoms. The van der Waals surface area contributed by atoms with Crippen LogP contribution in [-0.2, 0) is 22.6 Å². The molecule has 0 radical (unpaired) electrons. The summed E-state index contributed by atoms with van der Waals surface area (Å²) in [5, 5.41) is 8.34. The molecular formula is C19H26N4O2. The largest absolute Gasteiger partial charge is 0.349 e. The van der Waals surface area contributed by atoms with Crippen molar-refractivity contribution in [2.75, 3.05) is 20.1 Å². The summed E-state index contributed by atoms with van der Waals surface area (Å²) in [5.41, 5.74) is 3.06. The second-order valence-electron chi connectivity index (χ2n) is 7.40. The van der Waals surface area contributed by atoms with Crippen molar-refractivity contribution in [2.45, 2.75) is 45.2 Å². The highest BCUT2D eigenvalue weighted by atomic mass is 16.2. The van der Waals surface area contributed by atoms with Crippen LogP contribution in [0.25, 0.3) is 0 Å². The SMILES string of the molecule is CN1N=C(C(=O)NCC(C)(C)N2CCc3ccccc3C2)CCC1=O. The van der Waals surface area contributed by atoms with E-state index in [1.807, 2.05) is 0 Å². The van der Waals surface area contributed by atoms with Gasteiger partial charge in [0.25, 0.3) is 5.91 Å². The van der Waals surface area contributed by atoms with E-state index in [-0.39, 0.29) is 17.4 Å². The molecular weight excluding hydrogens is 316 g/mol. The van der Waals surface area contributed by atoms with Crippen molar-refractivity contribution in [1.82, 2.24) is 15.2 Å². The molecule has 2 amide bonds. The maximum atomic E-state index is 12.4. The van der Waals surface area contributed by atoms with Crippen LogP contribution in [0, 0.1) is 0 Å². The summed E-state index contributed by atoms with van der Waals surface area (Å²) < 4.78 is 0. The van der Waals surface area contributed by atoms with Gasteiger partial charge < -0.3 is 5.32 Å². The first-order chi connectivity index (χ1) is 11.9. The molecule has 6 nitrogen and oxygen atoms in total. The lowest BCUT2D eigenvalue weighted by atomic mass is 9.94. The number of nitrogens with one attached hydrogen (secondary N) is 1. The van der Waals surface area contributed by atoms with Gasteiger partial charge in [-0.15, -0.1) is 0 Å². The normalized spacial score (nSPS) is 18.6. The van der Waals surface area contributed by atoms with Gasteiger partial charge in [-0.3, -0.25) is 14.5 Å². The van der Waals surface area contributed by atoms with E-state index in [0.29, 0.717) is 25.1 Å². The highest BCUT2D eigenvalue weighted by Gasteiger charge is 2.31. The number of hydrogen-bond acceptors (Lipinski definition) is 4. The first kappa shape index (κ1) is 17.6. The number of carbonyl (C=O) groups excluding carboxylic acids is 2. The van der Waals surface area contributed by atoms with Crippen molar-refractivity contribution >= 4 is 17.5 Å². The summed E-state index contributed by atoms with van der Waals surface area (Å²) in [7, 11) is 1.59. The summed E-state index contributed by atoms with van der Waals surface area (Å²) in [6.45, 7) is 6.74. The van der Waals surface area contributed by atoms with Crippen LogP contribution >= 0.6 is 0 Å². The lowest BCUT2D eigenvalue weighted by Gasteiger charge is -2.41. The van der Waals surface area contributed by atoms with Crippen molar-refractivity contribution in [3.63, 3.8) is 0 Å². The number of amides is 2. The lowest BCUT2D eigenvalue weighted by Crippen LogP contribution is -2.54. The Morgan fingerprint density at radius 3 is 2.64 bits per heavy atom. The van der Waals surface area contributed by atoms with E-state index < -0.39 is 0 Å². The number of hydrogen-bond donors (Lipinski definition) is 1. The summed E-state index contributed by atoms with van der Waals surface area (Å²) in [5.74, 6) is -0.228. The molecule has 0 aliphatic carbocycles. The van der Waals surface area contributed by atoms with E-state index in [2.05, 4.69) is 53.4 Å². The third kappa shape index (κ3) is 3.90. The summed E-state index contributed by atoms with van der Waals surface area (Å²) in [6.07, 6.45) is 1.79. The van der Waals surface area contributed by atoms with E-state index in [9.17, 15) is 9.59 Å². The Bertz CT molecular complexity index is 711. The quantitative estimate of drug-likeness (QED) is 0.903. The first-order valence-corrected chi connectivity index (χ1v) is 8.81. The molecule has 134 valence electrons. The van der Waals surface area contributed by atoms with Gasteiger partial charge in [0.05, 0.1) is 0 Å². The molecule has 0 saturated carbocycles. The van der Waals surface area contributed by atoms with Gasteiger partial charge in [0.2, 0.25) is 5.91 Å². The molecule has 0 spiro atoms. The fourth-order valence-electron chi connectivity index (χ4n) is 3.36. The van der Waals surface area contributed by atoms with Gasteiger partial charge in [-0.25, -0.2) is 5.01 Å². The van der Waals surface area contributed by atoms with E-state index >= 15 is 0 Å². The first-order valence-electron chi connectivity index (χ1n) is 8.81. The van der Waals surface area contributed by atoms with Gasteiger partial charge in [-0.1, -0.05) is 24.3 Å². The fraction of sp³-hybridized carbons (Fsp3) is 0.526. The average Bonchev–Trinajstić information content (AvgIpc) is 2.61. The molecule has 0 unspecified atom stereocenters. The number of benzene rings is 1. The maximum Gasteiger partial charge on any atom is 0.267 e. The monoisotopic (exact) mass is 342 g/mol. The van der Waals surface area contributed by atoms with Crippen LogP contribution in [0.2, 0.25) is 0 Å². The zero-order chi connectivity index (χ0) is 18.0. The third-order valence-corrected chi connectivity index (χ3v) is 5.14. The molecule has 25 heavy (non-hydrogen) atoms. The molecule has 2 heterocycles. The van der Waals surface area contributed by atoms with Crippen molar-refractivity contribution in [3.8, 4) is 0 Å². The van der Waals surface area contributed by atoms with Gasteiger partial charge in [0, 0.05) is 45.1 Å². The van der Waals surface area contributed by atoms with Gasteiger partial charge >= 0.3 is 0 Å². The molecule has 3 rings (SSSR count). The molecule has 0 bridgehead atoms. The van der Waals surface area contributed by atoms with E-state index in [0.717, 1.165) is 19.5 Å². The summed E-state index contributed by atoms with van der Waals surface area (Å²) in [4.78, 5) is 26.3. The Morgan fingerprint density at radius 1 is 1.20 bits per heavy atom. The molecule has 0 atom stereocenters. The number of rotatable bonds is 4. The predicted molar refractivity (Wildman–Crippen MR) is 97.1 cm³/mol.